The fraction of sp³-hybridized carbons (Fsp3) is 0.308. The Morgan fingerprint density at radius 3 is 1.85 bits per heavy atom. The minimum Gasteiger partial charge on any atom is -0.457 e. The molecule has 2 unspecified atom stereocenters. The van der Waals surface area contributed by atoms with Crippen LogP contribution in [0, 0.1) is 0 Å². The largest absolute Gasteiger partial charge is 0.457 e. The van der Waals surface area contributed by atoms with E-state index in [-0.39, 0.29) is 5.57 Å². The quantitative estimate of drug-likeness (QED) is 0.241. The molecule has 2 atom stereocenters. The molecule has 33 heavy (non-hydrogen) atoms. The first-order valence-electron chi connectivity index (χ1n) is 10.3. The third-order valence-electron chi connectivity index (χ3n) is 4.60. The molecule has 0 aliphatic heterocycles. The number of rotatable bonds is 10. The van der Waals surface area contributed by atoms with Gasteiger partial charge in [-0.2, -0.15) is 0 Å². The molecule has 7 heteroatoms. The molecule has 0 aromatic heterocycles. The lowest BCUT2D eigenvalue weighted by molar-refractivity contribution is -0.208. The van der Waals surface area contributed by atoms with Crippen LogP contribution >= 0.6 is 0 Å². The van der Waals surface area contributed by atoms with Crippen LogP contribution in [0.25, 0.3) is 11.1 Å². The summed E-state index contributed by atoms with van der Waals surface area (Å²) in [5.41, 5.74) is 1.61. The second-order valence-electron chi connectivity index (χ2n) is 8.32. The molecule has 0 spiro atoms. The number of aliphatic hydroxyl groups is 2. The molecule has 0 heterocycles. The van der Waals surface area contributed by atoms with E-state index in [2.05, 4.69) is 13.2 Å². The maximum atomic E-state index is 11.6. The molecular weight excluding hydrogens is 424 g/mol. The van der Waals surface area contributed by atoms with Crippen LogP contribution < -0.4 is 4.74 Å². The van der Waals surface area contributed by atoms with Gasteiger partial charge in [-0.05, 0) is 56.5 Å². The van der Waals surface area contributed by atoms with Crippen molar-refractivity contribution in [2.24, 2.45) is 0 Å². The van der Waals surface area contributed by atoms with Gasteiger partial charge < -0.3 is 24.4 Å². The second kappa shape index (κ2) is 11.0. The van der Waals surface area contributed by atoms with Crippen LogP contribution in [0.2, 0.25) is 0 Å². The molecule has 7 nitrogen and oxygen atoms in total. The van der Waals surface area contributed by atoms with Gasteiger partial charge in [-0.3, -0.25) is 0 Å². The third-order valence-corrected chi connectivity index (χ3v) is 4.60. The van der Waals surface area contributed by atoms with Gasteiger partial charge in [0.15, 0.2) is 6.29 Å². The molecule has 0 fully saturated rings. The Labute approximate surface area is 193 Å². The smallest absolute Gasteiger partial charge is 0.338 e. The highest BCUT2D eigenvalue weighted by Gasteiger charge is 2.32. The van der Waals surface area contributed by atoms with Crippen molar-refractivity contribution in [3.05, 3.63) is 78.4 Å². The zero-order chi connectivity index (χ0) is 24.8. The molecule has 0 amide bonds. The molecule has 0 saturated heterocycles. The maximum absolute atomic E-state index is 11.6. The van der Waals surface area contributed by atoms with Crippen molar-refractivity contribution >= 4 is 11.9 Å². The van der Waals surface area contributed by atoms with Gasteiger partial charge in [-0.1, -0.05) is 49.6 Å². The van der Waals surface area contributed by atoms with Crippen molar-refractivity contribution in [1.82, 2.24) is 0 Å². The Hall–Kier alpha value is -3.26. The molecule has 176 valence electrons. The molecule has 2 N–H and O–H groups in total. The SMILES string of the molecule is C=C(C)C(=O)OCC(O)OC(c1ccc(-c2ccc(OC(=O)C(=C)C)cc2)cc1)C(C)(C)O. The summed E-state index contributed by atoms with van der Waals surface area (Å²) in [7, 11) is 0. The van der Waals surface area contributed by atoms with E-state index in [1.807, 2.05) is 24.3 Å². The van der Waals surface area contributed by atoms with E-state index >= 15 is 0 Å². The first-order chi connectivity index (χ1) is 15.4. The van der Waals surface area contributed by atoms with E-state index in [1.54, 1.807) is 45.0 Å². The fourth-order valence-corrected chi connectivity index (χ4v) is 2.88. The Kier molecular flexibility index (Phi) is 8.70. The van der Waals surface area contributed by atoms with Crippen molar-refractivity contribution in [3.63, 3.8) is 0 Å². The number of esters is 2. The number of carbonyl (C=O) groups excluding carboxylic acids is 2. The second-order valence-corrected chi connectivity index (χ2v) is 8.32. The van der Waals surface area contributed by atoms with Crippen LogP contribution in [0.5, 0.6) is 5.75 Å². The number of carbonyl (C=O) groups is 2. The van der Waals surface area contributed by atoms with Crippen molar-refractivity contribution in [2.75, 3.05) is 6.61 Å². The van der Waals surface area contributed by atoms with E-state index in [0.717, 1.165) is 11.1 Å². The Morgan fingerprint density at radius 1 is 0.909 bits per heavy atom. The van der Waals surface area contributed by atoms with Crippen LogP contribution in [-0.2, 0) is 19.1 Å². The molecule has 0 radical (unpaired) electrons. The molecule has 0 aliphatic rings. The summed E-state index contributed by atoms with van der Waals surface area (Å²) in [5.74, 6) is -0.705. The zero-order valence-electron chi connectivity index (χ0n) is 19.3. The molecule has 2 rings (SSSR count). The lowest BCUT2D eigenvalue weighted by Gasteiger charge is -2.31. The topological polar surface area (TPSA) is 102 Å². The van der Waals surface area contributed by atoms with E-state index in [1.165, 1.54) is 6.92 Å². The van der Waals surface area contributed by atoms with Gasteiger partial charge >= 0.3 is 11.9 Å². The third kappa shape index (κ3) is 7.68. The lowest BCUT2D eigenvalue weighted by Crippen LogP contribution is -2.35. The van der Waals surface area contributed by atoms with Crippen molar-refractivity contribution in [2.45, 2.75) is 45.7 Å². The standard InChI is InChI=1S/C26H30O7/c1-16(2)24(28)31-15-22(27)33-23(26(5,6)30)20-9-7-18(8-10-20)19-11-13-21(14-12-19)32-25(29)17(3)4/h7-14,22-23,27,30H,1,3,15H2,2,4-6H3. The maximum Gasteiger partial charge on any atom is 0.338 e. The zero-order valence-corrected chi connectivity index (χ0v) is 19.3. The summed E-state index contributed by atoms with van der Waals surface area (Å²) in [6.45, 7) is 12.8. The molecule has 0 bridgehead atoms. The minimum atomic E-state index is -1.43. The summed E-state index contributed by atoms with van der Waals surface area (Å²) in [4.78, 5) is 23.1. The van der Waals surface area contributed by atoms with Gasteiger partial charge in [0.1, 0.15) is 18.5 Å². The van der Waals surface area contributed by atoms with Gasteiger partial charge in [-0.25, -0.2) is 9.59 Å². The van der Waals surface area contributed by atoms with Crippen LogP contribution in [0.1, 0.15) is 39.4 Å². The van der Waals surface area contributed by atoms with Gasteiger partial charge in [0.05, 0.1) is 5.60 Å². The molecule has 0 aliphatic carbocycles. The summed E-state index contributed by atoms with van der Waals surface area (Å²) >= 11 is 0. The highest BCUT2D eigenvalue weighted by molar-refractivity contribution is 5.88. The van der Waals surface area contributed by atoms with Crippen LogP contribution in [-0.4, -0.2) is 40.6 Å². The Morgan fingerprint density at radius 2 is 1.39 bits per heavy atom. The molecule has 2 aromatic rings. The normalized spacial score (nSPS) is 13.0. The van der Waals surface area contributed by atoms with Crippen LogP contribution in [0.3, 0.4) is 0 Å². The Bertz CT molecular complexity index is 998. The number of hydrogen-bond donors (Lipinski definition) is 2. The molecule has 0 saturated carbocycles. The van der Waals surface area contributed by atoms with E-state index < -0.39 is 36.5 Å². The summed E-state index contributed by atoms with van der Waals surface area (Å²) in [5, 5.41) is 20.7. The first-order valence-corrected chi connectivity index (χ1v) is 10.3. The van der Waals surface area contributed by atoms with E-state index in [0.29, 0.717) is 16.9 Å². The lowest BCUT2D eigenvalue weighted by atomic mass is 9.93. The van der Waals surface area contributed by atoms with Gasteiger partial charge in [-0.15, -0.1) is 0 Å². The minimum absolute atomic E-state index is 0.207. The number of ether oxygens (including phenoxy) is 3. The highest BCUT2D eigenvalue weighted by Crippen LogP contribution is 2.32. The van der Waals surface area contributed by atoms with Crippen LogP contribution in [0.15, 0.2) is 72.8 Å². The summed E-state index contributed by atoms with van der Waals surface area (Å²) in [6.07, 6.45) is -2.31. The number of aliphatic hydroxyl groups excluding tert-OH is 1. The fourth-order valence-electron chi connectivity index (χ4n) is 2.88. The predicted octanol–water partition coefficient (Wildman–Crippen LogP) is 4.10. The summed E-state index contributed by atoms with van der Waals surface area (Å²) < 4.78 is 15.7. The van der Waals surface area contributed by atoms with Crippen molar-refractivity contribution < 1.29 is 34.0 Å². The number of hydrogen-bond acceptors (Lipinski definition) is 7. The molecule has 2 aromatic carbocycles. The molecular formula is C26H30O7. The van der Waals surface area contributed by atoms with E-state index in [4.69, 9.17) is 14.2 Å². The van der Waals surface area contributed by atoms with Gasteiger partial charge in [0.2, 0.25) is 0 Å². The summed E-state index contributed by atoms with van der Waals surface area (Å²) in [6, 6.07) is 14.3. The average Bonchev–Trinajstić information content (AvgIpc) is 2.75. The predicted molar refractivity (Wildman–Crippen MR) is 124 cm³/mol. The Balaban J connectivity index is 2.12. The van der Waals surface area contributed by atoms with Crippen molar-refractivity contribution in [3.8, 4) is 16.9 Å². The number of benzene rings is 2. The average molecular weight is 455 g/mol. The monoisotopic (exact) mass is 454 g/mol. The van der Waals surface area contributed by atoms with E-state index in [9.17, 15) is 19.8 Å². The van der Waals surface area contributed by atoms with Gasteiger partial charge in [0, 0.05) is 11.1 Å². The first kappa shape index (κ1) is 26.0. The highest BCUT2D eigenvalue weighted by atomic mass is 16.6. The van der Waals surface area contributed by atoms with Crippen molar-refractivity contribution in [1.29, 1.82) is 0 Å². The van der Waals surface area contributed by atoms with Gasteiger partial charge in [0.25, 0.3) is 0 Å². The van der Waals surface area contributed by atoms with Crippen LogP contribution in [0.4, 0.5) is 0 Å².